The van der Waals surface area contributed by atoms with E-state index in [0.29, 0.717) is 13.1 Å². The van der Waals surface area contributed by atoms with E-state index in [1.54, 1.807) is 14.2 Å². The molecule has 0 bridgehead atoms. The first-order valence-corrected chi connectivity index (χ1v) is 10.4. The lowest BCUT2D eigenvalue weighted by Gasteiger charge is -2.26. The maximum Gasteiger partial charge on any atom is 0.191 e. The van der Waals surface area contributed by atoms with Crippen LogP contribution in [0, 0.1) is 0 Å². The highest BCUT2D eigenvalue weighted by Gasteiger charge is 2.20. The number of methoxy groups -OCH3 is 1. The number of hydrogen-bond donors (Lipinski definition) is 2. The van der Waals surface area contributed by atoms with Crippen molar-refractivity contribution < 1.29 is 13.2 Å². The number of aliphatic imine (C=N–C) groups is 1. The van der Waals surface area contributed by atoms with E-state index in [2.05, 4.69) is 26.6 Å². The van der Waals surface area contributed by atoms with Gasteiger partial charge in [0.25, 0.3) is 0 Å². The third-order valence-electron chi connectivity index (χ3n) is 4.26. The Hall–Kier alpha value is -1.80. The Balaban J connectivity index is 1.67. The summed E-state index contributed by atoms with van der Waals surface area (Å²) in [6.45, 7) is 3.52. The van der Waals surface area contributed by atoms with Gasteiger partial charge in [0.1, 0.15) is 5.75 Å². The zero-order chi connectivity index (χ0) is 18.1. The van der Waals surface area contributed by atoms with E-state index >= 15 is 0 Å². The van der Waals surface area contributed by atoms with Crippen LogP contribution >= 0.6 is 0 Å². The Kier molecular flexibility index (Phi) is 7.52. The molecule has 1 aliphatic heterocycles. The molecule has 1 aromatic rings. The SMILES string of the molecule is CN=C(NCCc1ccccc1OC)NCCN1CCS(=O)(=O)CC1. The summed E-state index contributed by atoms with van der Waals surface area (Å²) in [5.41, 5.74) is 1.16. The van der Waals surface area contributed by atoms with E-state index in [4.69, 9.17) is 4.74 Å². The molecule has 0 amide bonds. The highest BCUT2D eigenvalue weighted by atomic mass is 32.2. The average molecular weight is 369 g/mol. The fourth-order valence-corrected chi connectivity index (χ4v) is 4.03. The second-order valence-electron chi connectivity index (χ2n) is 5.98. The van der Waals surface area contributed by atoms with E-state index in [1.807, 2.05) is 18.2 Å². The van der Waals surface area contributed by atoms with E-state index in [0.717, 1.165) is 43.3 Å². The normalized spacial score (nSPS) is 17.9. The van der Waals surface area contributed by atoms with Gasteiger partial charge in [-0.15, -0.1) is 0 Å². The number of guanidine groups is 1. The Bertz CT molecular complexity index is 662. The number of nitrogens with one attached hydrogen (secondary N) is 2. The number of nitrogens with zero attached hydrogens (tertiary/aromatic N) is 2. The van der Waals surface area contributed by atoms with E-state index in [1.165, 1.54) is 0 Å². The van der Waals surface area contributed by atoms with Gasteiger partial charge in [-0.3, -0.25) is 9.89 Å². The van der Waals surface area contributed by atoms with Crippen LogP contribution < -0.4 is 15.4 Å². The second-order valence-corrected chi connectivity index (χ2v) is 8.28. The molecule has 8 heteroatoms. The quantitative estimate of drug-likeness (QED) is 0.526. The molecule has 0 unspecified atom stereocenters. The molecule has 25 heavy (non-hydrogen) atoms. The largest absolute Gasteiger partial charge is 0.496 e. The number of hydrogen-bond acceptors (Lipinski definition) is 5. The number of para-hydroxylation sites is 1. The zero-order valence-corrected chi connectivity index (χ0v) is 15.8. The van der Waals surface area contributed by atoms with Crippen LogP contribution in [0.15, 0.2) is 29.3 Å². The molecule has 1 saturated heterocycles. The Morgan fingerprint density at radius 1 is 1.20 bits per heavy atom. The molecule has 2 rings (SSSR count). The molecular formula is C17H28N4O3S. The lowest BCUT2D eigenvalue weighted by Crippen LogP contribution is -2.46. The van der Waals surface area contributed by atoms with Crippen molar-refractivity contribution in [1.29, 1.82) is 0 Å². The molecule has 1 aromatic carbocycles. The van der Waals surface area contributed by atoms with Crippen LogP contribution in [0.3, 0.4) is 0 Å². The predicted octanol–water partition coefficient (Wildman–Crippen LogP) is 0.133. The molecule has 140 valence electrons. The van der Waals surface area contributed by atoms with Crippen molar-refractivity contribution >= 4 is 15.8 Å². The van der Waals surface area contributed by atoms with Crippen molar-refractivity contribution in [1.82, 2.24) is 15.5 Å². The van der Waals surface area contributed by atoms with Crippen LogP contribution in [0.4, 0.5) is 0 Å². The van der Waals surface area contributed by atoms with Crippen LogP contribution in [0.5, 0.6) is 5.75 Å². The summed E-state index contributed by atoms with van der Waals surface area (Å²) in [6.07, 6.45) is 0.842. The lowest BCUT2D eigenvalue weighted by atomic mass is 10.1. The summed E-state index contributed by atoms with van der Waals surface area (Å²) in [4.78, 5) is 6.38. The molecule has 2 N–H and O–H groups in total. The van der Waals surface area contributed by atoms with E-state index in [-0.39, 0.29) is 11.5 Å². The van der Waals surface area contributed by atoms with Crippen molar-refractivity contribution in [2.45, 2.75) is 6.42 Å². The first kappa shape index (κ1) is 19.5. The summed E-state index contributed by atoms with van der Waals surface area (Å²) in [5, 5.41) is 6.56. The molecule has 1 heterocycles. The van der Waals surface area contributed by atoms with Gasteiger partial charge < -0.3 is 15.4 Å². The Morgan fingerprint density at radius 3 is 2.56 bits per heavy atom. The molecule has 0 aromatic heterocycles. The fraction of sp³-hybridized carbons (Fsp3) is 0.588. The molecule has 0 atom stereocenters. The van der Waals surface area contributed by atoms with Gasteiger partial charge in [-0.05, 0) is 18.1 Å². The molecular weight excluding hydrogens is 340 g/mol. The van der Waals surface area contributed by atoms with Gasteiger partial charge in [0.2, 0.25) is 0 Å². The summed E-state index contributed by atoms with van der Waals surface area (Å²) in [7, 11) is 0.607. The van der Waals surface area contributed by atoms with Crippen LogP contribution in [0.2, 0.25) is 0 Å². The minimum Gasteiger partial charge on any atom is -0.496 e. The first-order chi connectivity index (χ1) is 12.0. The van der Waals surface area contributed by atoms with Crippen LogP contribution in [0.1, 0.15) is 5.56 Å². The monoisotopic (exact) mass is 368 g/mol. The molecule has 0 saturated carbocycles. The van der Waals surface area contributed by atoms with Gasteiger partial charge in [0, 0.05) is 39.8 Å². The standard InChI is InChI=1S/C17H28N4O3S/c1-18-17(19-8-7-15-5-3-4-6-16(15)24-2)20-9-10-21-11-13-25(22,23)14-12-21/h3-6H,7-14H2,1-2H3,(H2,18,19,20). The van der Waals surface area contributed by atoms with Crippen molar-refractivity contribution in [3.05, 3.63) is 29.8 Å². The topological polar surface area (TPSA) is 83.0 Å². The van der Waals surface area contributed by atoms with Crippen LogP contribution in [0.25, 0.3) is 0 Å². The van der Waals surface area contributed by atoms with Gasteiger partial charge in [0.05, 0.1) is 18.6 Å². The molecule has 1 fully saturated rings. The van der Waals surface area contributed by atoms with Gasteiger partial charge in [0.15, 0.2) is 15.8 Å². The summed E-state index contributed by atoms with van der Waals surface area (Å²) in [6, 6.07) is 7.98. The first-order valence-electron chi connectivity index (χ1n) is 8.53. The zero-order valence-electron chi connectivity index (χ0n) is 15.0. The summed E-state index contributed by atoms with van der Waals surface area (Å²) in [5.74, 6) is 2.17. The minimum atomic E-state index is -2.81. The molecule has 0 radical (unpaired) electrons. The maximum absolute atomic E-state index is 11.4. The smallest absolute Gasteiger partial charge is 0.191 e. The van der Waals surface area contributed by atoms with Gasteiger partial charge in [-0.1, -0.05) is 18.2 Å². The maximum atomic E-state index is 11.4. The van der Waals surface area contributed by atoms with Crippen molar-refractivity contribution in [3.8, 4) is 5.75 Å². The highest BCUT2D eigenvalue weighted by molar-refractivity contribution is 7.91. The predicted molar refractivity (Wildman–Crippen MR) is 101 cm³/mol. The van der Waals surface area contributed by atoms with Crippen molar-refractivity contribution in [2.24, 2.45) is 4.99 Å². The second kappa shape index (κ2) is 9.62. The number of sulfone groups is 1. The Labute approximate surface area is 150 Å². The third kappa shape index (κ3) is 6.55. The van der Waals surface area contributed by atoms with Crippen molar-refractivity contribution in [2.75, 3.05) is 58.4 Å². The molecule has 1 aliphatic rings. The molecule has 7 nitrogen and oxygen atoms in total. The van der Waals surface area contributed by atoms with Crippen molar-refractivity contribution in [3.63, 3.8) is 0 Å². The average Bonchev–Trinajstić information content (AvgIpc) is 2.62. The van der Waals surface area contributed by atoms with Crippen LogP contribution in [-0.2, 0) is 16.3 Å². The number of ether oxygens (including phenoxy) is 1. The minimum absolute atomic E-state index is 0.263. The summed E-state index contributed by atoms with van der Waals surface area (Å²) >= 11 is 0. The van der Waals surface area contributed by atoms with Crippen LogP contribution in [-0.4, -0.2) is 77.7 Å². The van der Waals surface area contributed by atoms with E-state index < -0.39 is 9.84 Å². The third-order valence-corrected chi connectivity index (χ3v) is 5.87. The van der Waals surface area contributed by atoms with E-state index in [9.17, 15) is 8.42 Å². The number of rotatable bonds is 7. The lowest BCUT2D eigenvalue weighted by molar-refractivity contribution is 0.299. The van der Waals surface area contributed by atoms with Gasteiger partial charge in [-0.2, -0.15) is 0 Å². The van der Waals surface area contributed by atoms with Gasteiger partial charge in [-0.25, -0.2) is 8.42 Å². The number of benzene rings is 1. The van der Waals surface area contributed by atoms with Gasteiger partial charge >= 0.3 is 0 Å². The summed E-state index contributed by atoms with van der Waals surface area (Å²) < 4.78 is 28.2. The molecule has 0 spiro atoms. The fourth-order valence-electron chi connectivity index (χ4n) is 2.75. The Morgan fingerprint density at radius 2 is 1.88 bits per heavy atom. The highest BCUT2D eigenvalue weighted by Crippen LogP contribution is 2.17. The molecule has 0 aliphatic carbocycles.